The van der Waals surface area contributed by atoms with Crippen LogP contribution in [-0.2, 0) is 0 Å². The Morgan fingerprint density at radius 2 is 2.07 bits per heavy atom. The van der Waals surface area contributed by atoms with Crippen molar-refractivity contribution >= 4 is 11.0 Å². The zero-order valence-corrected chi connectivity index (χ0v) is 7.97. The van der Waals surface area contributed by atoms with Gasteiger partial charge in [-0.2, -0.15) is 0 Å². The first-order chi connectivity index (χ1) is 6.70. The molecule has 0 aliphatic heterocycles. The molecule has 0 bridgehead atoms. The van der Waals surface area contributed by atoms with Gasteiger partial charge in [-0.3, -0.25) is 0 Å². The summed E-state index contributed by atoms with van der Waals surface area (Å²) in [6.07, 6.45) is 1.04. The molecule has 1 heterocycles. The maximum absolute atomic E-state index is 9.39. The molecule has 1 aromatic heterocycles. The molecule has 2 rings (SSSR count). The van der Waals surface area contributed by atoms with E-state index in [1.54, 1.807) is 13.2 Å². The van der Waals surface area contributed by atoms with Crippen LogP contribution in [0.2, 0.25) is 0 Å². The van der Waals surface area contributed by atoms with E-state index in [4.69, 9.17) is 10.2 Å². The maximum Gasteiger partial charge on any atom is 0.134 e. The fourth-order valence-corrected chi connectivity index (χ4v) is 1.52. The summed E-state index contributed by atoms with van der Waals surface area (Å²) in [5.74, 6) is 0. The van der Waals surface area contributed by atoms with E-state index in [1.807, 2.05) is 24.3 Å². The molecule has 3 N–H and O–H groups in total. The molecule has 74 valence electrons. The van der Waals surface area contributed by atoms with E-state index >= 15 is 0 Å². The third-order valence-corrected chi connectivity index (χ3v) is 2.39. The molecule has 3 nitrogen and oxygen atoms in total. The molecule has 2 atom stereocenters. The maximum atomic E-state index is 9.39. The van der Waals surface area contributed by atoms with Gasteiger partial charge in [-0.05, 0) is 13.0 Å². The second-order valence-corrected chi connectivity index (χ2v) is 3.45. The Bertz CT molecular complexity index is 434. The molecule has 2 aromatic rings. The Labute approximate surface area is 82.1 Å². The molecule has 0 aliphatic carbocycles. The highest BCUT2D eigenvalue weighted by atomic mass is 16.3. The lowest BCUT2D eigenvalue weighted by molar-refractivity contribution is 0.164. The zero-order valence-electron chi connectivity index (χ0n) is 7.97. The number of aliphatic hydroxyl groups is 1. The summed E-state index contributed by atoms with van der Waals surface area (Å²) in [4.78, 5) is 0. The van der Waals surface area contributed by atoms with E-state index in [-0.39, 0.29) is 0 Å². The standard InChI is InChI=1S/C11H13NO2/c1-7(13)11(12)9-6-14-10-5-3-2-4-8(9)10/h2-7,11,13H,12H2,1H3/t7-,11-/m0/s1. The highest BCUT2D eigenvalue weighted by Gasteiger charge is 2.16. The molecule has 0 saturated heterocycles. The summed E-state index contributed by atoms with van der Waals surface area (Å²) in [6.45, 7) is 1.67. The fourth-order valence-electron chi connectivity index (χ4n) is 1.52. The van der Waals surface area contributed by atoms with Gasteiger partial charge in [0, 0.05) is 10.9 Å². The number of para-hydroxylation sites is 1. The number of hydrogen-bond donors (Lipinski definition) is 2. The Kier molecular flexibility index (Phi) is 2.27. The average molecular weight is 191 g/mol. The predicted octanol–water partition coefficient (Wildman–Crippen LogP) is 1.81. The van der Waals surface area contributed by atoms with E-state index in [1.165, 1.54) is 0 Å². The molecule has 1 aromatic carbocycles. The van der Waals surface area contributed by atoms with E-state index in [0.29, 0.717) is 0 Å². The molecule has 0 fully saturated rings. The summed E-state index contributed by atoms with van der Waals surface area (Å²) in [7, 11) is 0. The number of fused-ring (bicyclic) bond motifs is 1. The van der Waals surface area contributed by atoms with Crippen molar-refractivity contribution in [2.75, 3.05) is 0 Å². The molecule has 0 unspecified atom stereocenters. The van der Waals surface area contributed by atoms with Crippen LogP contribution in [0.3, 0.4) is 0 Å². The fraction of sp³-hybridized carbons (Fsp3) is 0.273. The van der Waals surface area contributed by atoms with Gasteiger partial charge in [0.25, 0.3) is 0 Å². The summed E-state index contributed by atoms with van der Waals surface area (Å²) in [5.41, 5.74) is 7.50. The van der Waals surface area contributed by atoms with Crippen LogP contribution in [0.1, 0.15) is 18.5 Å². The Morgan fingerprint density at radius 3 is 2.79 bits per heavy atom. The van der Waals surface area contributed by atoms with Crippen molar-refractivity contribution in [2.24, 2.45) is 5.73 Å². The third-order valence-electron chi connectivity index (χ3n) is 2.39. The Balaban J connectivity index is 2.53. The van der Waals surface area contributed by atoms with Gasteiger partial charge >= 0.3 is 0 Å². The Hall–Kier alpha value is -1.32. The van der Waals surface area contributed by atoms with Crippen LogP contribution in [0.15, 0.2) is 34.9 Å². The van der Waals surface area contributed by atoms with Crippen LogP contribution in [0.5, 0.6) is 0 Å². The summed E-state index contributed by atoms with van der Waals surface area (Å²) < 4.78 is 5.33. The highest BCUT2D eigenvalue weighted by Crippen LogP contribution is 2.26. The molecular weight excluding hydrogens is 178 g/mol. The number of benzene rings is 1. The van der Waals surface area contributed by atoms with Gasteiger partial charge in [-0.15, -0.1) is 0 Å². The van der Waals surface area contributed by atoms with Gasteiger partial charge in [0.1, 0.15) is 5.58 Å². The number of hydrogen-bond acceptors (Lipinski definition) is 3. The molecule has 0 spiro atoms. The smallest absolute Gasteiger partial charge is 0.134 e. The second kappa shape index (κ2) is 3.44. The van der Waals surface area contributed by atoms with Crippen molar-refractivity contribution < 1.29 is 9.52 Å². The van der Waals surface area contributed by atoms with E-state index < -0.39 is 12.1 Å². The van der Waals surface area contributed by atoms with Gasteiger partial charge in [0.15, 0.2) is 0 Å². The predicted molar refractivity (Wildman–Crippen MR) is 54.8 cm³/mol. The SMILES string of the molecule is C[C@H](O)[C@H](N)c1coc2ccccc12. The lowest BCUT2D eigenvalue weighted by atomic mass is 10.0. The van der Waals surface area contributed by atoms with Crippen LogP contribution in [-0.4, -0.2) is 11.2 Å². The minimum atomic E-state index is -0.573. The van der Waals surface area contributed by atoms with Gasteiger partial charge in [0.2, 0.25) is 0 Å². The molecular formula is C11H13NO2. The largest absolute Gasteiger partial charge is 0.464 e. The third kappa shape index (κ3) is 1.41. The van der Waals surface area contributed by atoms with Crippen LogP contribution < -0.4 is 5.73 Å². The lowest BCUT2D eigenvalue weighted by Gasteiger charge is -2.12. The van der Waals surface area contributed by atoms with E-state index in [2.05, 4.69) is 0 Å². The first kappa shape index (κ1) is 9.24. The zero-order chi connectivity index (χ0) is 10.1. The molecule has 0 amide bonds. The number of aliphatic hydroxyl groups excluding tert-OH is 1. The summed E-state index contributed by atoms with van der Waals surface area (Å²) in [6, 6.07) is 7.27. The summed E-state index contributed by atoms with van der Waals surface area (Å²) >= 11 is 0. The quantitative estimate of drug-likeness (QED) is 0.761. The van der Waals surface area contributed by atoms with E-state index in [9.17, 15) is 5.11 Å². The van der Waals surface area contributed by atoms with E-state index in [0.717, 1.165) is 16.5 Å². The normalized spacial score (nSPS) is 15.6. The van der Waals surface area contributed by atoms with Crippen LogP contribution in [0.25, 0.3) is 11.0 Å². The number of nitrogens with two attached hydrogens (primary N) is 1. The Morgan fingerprint density at radius 1 is 1.36 bits per heavy atom. The van der Waals surface area contributed by atoms with Crippen molar-refractivity contribution in [3.8, 4) is 0 Å². The number of furan rings is 1. The molecule has 0 saturated carbocycles. The molecule has 14 heavy (non-hydrogen) atoms. The average Bonchev–Trinajstić information content (AvgIpc) is 2.60. The van der Waals surface area contributed by atoms with Crippen LogP contribution >= 0.6 is 0 Å². The lowest BCUT2D eigenvalue weighted by Crippen LogP contribution is -2.22. The topological polar surface area (TPSA) is 59.4 Å². The van der Waals surface area contributed by atoms with Crippen molar-refractivity contribution in [2.45, 2.75) is 19.1 Å². The van der Waals surface area contributed by atoms with Crippen molar-refractivity contribution in [3.05, 3.63) is 36.1 Å². The van der Waals surface area contributed by atoms with Crippen LogP contribution in [0, 0.1) is 0 Å². The van der Waals surface area contributed by atoms with Gasteiger partial charge in [0.05, 0.1) is 18.4 Å². The van der Waals surface area contributed by atoms with Crippen LogP contribution in [0.4, 0.5) is 0 Å². The highest BCUT2D eigenvalue weighted by molar-refractivity contribution is 5.81. The molecule has 0 aliphatic rings. The molecule has 3 heteroatoms. The first-order valence-corrected chi connectivity index (χ1v) is 4.60. The monoisotopic (exact) mass is 191 g/mol. The second-order valence-electron chi connectivity index (χ2n) is 3.45. The molecule has 0 radical (unpaired) electrons. The summed E-state index contributed by atoms with van der Waals surface area (Å²) in [5, 5.41) is 10.4. The first-order valence-electron chi connectivity index (χ1n) is 4.60. The number of rotatable bonds is 2. The van der Waals surface area contributed by atoms with Crippen molar-refractivity contribution in [1.82, 2.24) is 0 Å². The minimum Gasteiger partial charge on any atom is -0.464 e. The van der Waals surface area contributed by atoms with Gasteiger partial charge < -0.3 is 15.3 Å². The van der Waals surface area contributed by atoms with Gasteiger partial charge in [-0.1, -0.05) is 18.2 Å². The minimum absolute atomic E-state index is 0.390. The van der Waals surface area contributed by atoms with Crippen molar-refractivity contribution in [3.63, 3.8) is 0 Å². The van der Waals surface area contributed by atoms with Crippen molar-refractivity contribution in [1.29, 1.82) is 0 Å². The van der Waals surface area contributed by atoms with Gasteiger partial charge in [-0.25, -0.2) is 0 Å².